The molecule has 130 valence electrons. The molecule has 0 saturated carbocycles. The molecule has 2 aromatic rings. The molecular formula is C20H20O5. The fourth-order valence-corrected chi connectivity index (χ4v) is 2.54. The van der Waals surface area contributed by atoms with Gasteiger partial charge < -0.3 is 14.2 Å². The first-order valence-corrected chi connectivity index (χ1v) is 8.29. The minimum Gasteiger partial charge on any atom is -0.459 e. The molecule has 5 nitrogen and oxygen atoms in total. The molecular weight excluding hydrogens is 320 g/mol. The molecule has 0 aliphatic carbocycles. The zero-order valence-electron chi connectivity index (χ0n) is 14.1. The Morgan fingerprint density at radius 2 is 1.64 bits per heavy atom. The van der Waals surface area contributed by atoms with E-state index in [1.165, 1.54) is 0 Å². The van der Waals surface area contributed by atoms with Gasteiger partial charge in [-0.15, -0.1) is 0 Å². The van der Waals surface area contributed by atoms with Gasteiger partial charge in [-0.25, -0.2) is 9.59 Å². The zero-order chi connectivity index (χ0) is 17.6. The highest BCUT2D eigenvalue weighted by Crippen LogP contribution is 2.17. The topological polar surface area (TPSA) is 61.8 Å². The molecule has 25 heavy (non-hydrogen) atoms. The van der Waals surface area contributed by atoms with Gasteiger partial charge in [0.15, 0.2) is 0 Å². The summed E-state index contributed by atoms with van der Waals surface area (Å²) in [5, 5.41) is 0. The van der Waals surface area contributed by atoms with Gasteiger partial charge in [0.25, 0.3) is 0 Å². The first-order valence-electron chi connectivity index (χ1n) is 8.29. The van der Waals surface area contributed by atoms with Crippen LogP contribution in [0.2, 0.25) is 0 Å². The monoisotopic (exact) mass is 340 g/mol. The summed E-state index contributed by atoms with van der Waals surface area (Å²) in [5.74, 6) is -0.470. The Balaban J connectivity index is 1.55. The summed E-state index contributed by atoms with van der Waals surface area (Å²) in [6.45, 7) is 2.94. The summed E-state index contributed by atoms with van der Waals surface area (Å²) in [6.07, 6.45) is 1.92. The number of hydrogen-bond donors (Lipinski definition) is 0. The van der Waals surface area contributed by atoms with Crippen LogP contribution in [0, 0.1) is 6.92 Å². The van der Waals surface area contributed by atoms with E-state index in [0.29, 0.717) is 16.9 Å². The largest absolute Gasteiger partial charge is 0.459 e. The van der Waals surface area contributed by atoms with E-state index in [9.17, 15) is 9.59 Å². The Morgan fingerprint density at radius 1 is 1.00 bits per heavy atom. The summed E-state index contributed by atoms with van der Waals surface area (Å²) < 4.78 is 16.0. The molecule has 5 heteroatoms. The molecule has 1 saturated heterocycles. The Hall–Kier alpha value is -2.66. The third-order valence-electron chi connectivity index (χ3n) is 4.01. The highest BCUT2D eigenvalue weighted by atomic mass is 16.6. The summed E-state index contributed by atoms with van der Waals surface area (Å²) in [4.78, 5) is 24.1. The van der Waals surface area contributed by atoms with Crippen molar-refractivity contribution in [2.45, 2.75) is 25.9 Å². The third kappa shape index (κ3) is 4.67. The van der Waals surface area contributed by atoms with Gasteiger partial charge in [0.1, 0.15) is 12.4 Å². The number of esters is 2. The lowest BCUT2D eigenvalue weighted by Gasteiger charge is -2.10. The normalized spacial score (nSPS) is 16.4. The van der Waals surface area contributed by atoms with Crippen LogP contribution in [0.3, 0.4) is 0 Å². The van der Waals surface area contributed by atoms with Gasteiger partial charge in [-0.1, -0.05) is 17.7 Å². The van der Waals surface area contributed by atoms with Crippen molar-refractivity contribution in [1.82, 2.24) is 0 Å². The van der Waals surface area contributed by atoms with Crippen LogP contribution < -0.4 is 4.74 Å². The quantitative estimate of drug-likeness (QED) is 0.615. The number of aryl methyl sites for hydroxylation is 1. The SMILES string of the molecule is Cc1ccc(C(=O)Oc2ccc(C(=O)OCC3CCCO3)cc2)cc1. The first-order chi connectivity index (χ1) is 12.1. The van der Waals surface area contributed by atoms with Gasteiger partial charge in [0, 0.05) is 6.61 Å². The number of rotatable bonds is 5. The Bertz CT molecular complexity index is 728. The molecule has 0 amide bonds. The second-order valence-corrected chi connectivity index (χ2v) is 6.01. The van der Waals surface area contributed by atoms with E-state index in [4.69, 9.17) is 14.2 Å². The molecule has 0 radical (unpaired) electrons. The summed E-state index contributed by atoms with van der Waals surface area (Å²) in [5.41, 5.74) is 1.96. The second kappa shape index (κ2) is 7.94. The van der Waals surface area contributed by atoms with Crippen molar-refractivity contribution >= 4 is 11.9 Å². The van der Waals surface area contributed by atoms with E-state index in [0.717, 1.165) is 25.0 Å². The highest BCUT2D eigenvalue weighted by molar-refractivity contribution is 5.92. The fraction of sp³-hybridized carbons (Fsp3) is 0.300. The number of carbonyl (C=O) groups is 2. The van der Waals surface area contributed by atoms with Gasteiger partial charge in [0.2, 0.25) is 0 Å². The molecule has 1 atom stereocenters. The van der Waals surface area contributed by atoms with Gasteiger partial charge in [-0.3, -0.25) is 0 Å². The number of benzene rings is 2. The average Bonchev–Trinajstić information content (AvgIpc) is 3.14. The molecule has 1 aliphatic rings. The Morgan fingerprint density at radius 3 is 2.28 bits per heavy atom. The van der Waals surface area contributed by atoms with E-state index in [1.807, 2.05) is 19.1 Å². The van der Waals surface area contributed by atoms with E-state index in [1.54, 1.807) is 36.4 Å². The molecule has 1 heterocycles. The van der Waals surface area contributed by atoms with Crippen LogP contribution >= 0.6 is 0 Å². The number of hydrogen-bond acceptors (Lipinski definition) is 5. The molecule has 1 aliphatic heterocycles. The fourth-order valence-electron chi connectivity index (χ4n) is 2.54. The number of carbonyl (C=O) groups excluding carboxylic acids is 2. The van der Waals surface area contributed by atoms with Gasteiger partial charge in [0.05, 0.1) is 17.2 Å². The van der Waals surface area contributed by atoms with Crippen LogP contribution in [0.4, 0.5) is 0 Å². The Kier molecular flexibility index (Phi) is 5.46. The molecule has 1 unspecified atom stereocenters. The highest BCUT2D eigenvalue weighted by Gasteiger charge is 2.18. The maximum absolute atomic E-state index is 12.1. The van der Waals surface area contributed by atoms with Gasteiger partial charge >= 0.3 is 11.9 Å². The van der Waals surface area contributed by atoms with Gasteiger partial charge in [-0.2, -0.15) is 0 Å². The van der Waals surface area contributed by atoms with E-state index >= 15 is 0 Å². The van der Waals surface area contributed by atoms with Crippen LogP contribution in [0.1, 0.15) is 39.1 Å². The lowest BCUT2D eigenvalue weighted by atomic mass is 10.1. The van der Waals surface area contributed by atoms with Crippen molar-refractivity contribution in [3.8, 4) is 5.75 Å². The van der Waals surface area contributed by atoms with Crippen LogP contribution in [0.15, 0.2) is 48.5 Å². The maximum Gasteiger partial charge on any atom is 0.343 e. The smallest absolute Gasteiger partial charge is 0.343 e. The van der Waals surface area contributed by atoms with Crippen molar-refractivity contribution in [1.29, 1.82) is 0 Å². The Labute approximate surface area is 146 Å². The number of ether oxygens (including phenoxy) is 3. The second-order valence-electron chi connectivity index (χ2n) is 6.01. The standard InChI is InChI=1S/C20H20O5/c1-14-4-6-16(7-5-14)20(22)25-17-10-8-15(9-11-17)19(21)24-13-18-3-2-12-23-18/h4-11,18H,2-3,12-13H2,1H3. The minimum absolute atomic E-state index is 0.00122. The van der Waals surface area contributed by atoms with E-state index in [-0.39, 0.29) is 12.7 Å². The lowest BCUT2D eigenvalue weighted by Crippen LogP contribution is -2.17. The maximum atomic E-state index is 12.1. The molecule has 0 aromatic heterocycles. The van der Waals surface area contributed by atoms with Crippen molar-refractivity contribution in [3.05, 3.63) is 65.2 Å². The summed E-state index contributed by atoms with van der Waals surface area (Å²) in [6, 6.07) is 13.4. The molecule has 2 aromatic carbocycles. The van der Waals surface area contributed by atoms with Crippen LogP contribution in [-0.2, 0) is 9.47 Å². The van der Waals surface area contributed by atoms with E-state index in [2.05, 4.69) is 0 Å². The zero-order valence-corrected chi connectivity index (χ0v) is 14.1. The van der Waals surface area contributed by atoms with Crippen LogP contribution in [-0.4, -0.2) is 31.3 Å². The molecule has 3 rings (SSSR count). The molecule has 0 bridgehead atoms. The van der Waals surface area contributed by atoms with Gasteiger partial charge in [-0.05, 0) is 56.2 Å². The summed E-state index contributed by atoms with van der Waals surface area (Å²) in [7, 11) is 0. The van der Waals surface area contributed by atoms with Crippen molar-refractivity contribution < 1.29 is 23.8 Å². The lowest BCUT2D eigenvalue weighted by molar-refractivity contribution is 0.0161. The predicted octanol–water partition coefficient (Wildman–Crippen LogP) is 3.55. The minimum atomic E-state index is -0.436. The molecule has 0 N–H and O–H groups in total. The van der Waals surface area contributed by atoms with E-state index < -0.39 is 11.9 Å². The van der Waals surface area contributed by atoms with Crippen molar-refractivity contribution in [3.63, 3.8) is 0 Å². The van der Waals surface area contributed by atoms with Crippen molar-refractivity contribution in [2.24, 2.45) is 0 Å². The molecule has 1 fully saturated rings. The average molecular weight is 340 g/mol. The van der Waals surface area contributed by atoms with Crippen LogP contribution in [0.5, 0.6) is 5.75 Å². The van der Waals surface area contributed by atoms with Crippen LogP contribution in [0.25, 0.3) is 0 Å². The molecule has 0 spiro atoms. The third-order valence-corrected chi connectivity index (χ3v) is 4.01. The summed E-state index contributed by atoms with van der Waals surface area (Å²) >= 11 is 0. The predicted molar refractivity (Wildman–Crippen MR) is 91.8 cm³/mol. The van der Waals surface area contributed by atoms with Crippen molar-refractivity contribution in [2.75, 3.05) is 13.2 Å². The first kappa shape index (κ1) is 17.2.